The van der Waals surface area contributed by atoms with Gasteiger partial charge >= 0.3 is 9.05 Å². The molecule has 7 heteroatoms. The Morgan fingerprint density at radius 1 is 0.857 bits per heavy atom. The molecule has 0 aromatic heterocycles. The Bertz CT molecular complexity index is 27.2. The average Bonchev–Trinajstić information content (AvgIpc) is 0.722. The zero-order chi connectivity index (χ0) is 4.50. The van der Waals surface area contributed by atoms with Crippen LogP contribution >= 0.6 is 9.90 Å². The van der Waals surface area contributed by atoms with Crippen LogP contribution in [0.2, 0.25) is 0 Å². The lowest BCUT2D eigenvalue weighted by atomic mass is 10.8. The molecule has 0 fully saturated rings. The quantitative estimate of drug-likeness (QED) is 0.227. The second-order valence-corrected chi connectivity index (χ2v) is 1.80. The Kier molecular flexibility index (Phi) is 10.5. The molecule has 0 aromatic rings. The lowest BCUT2D eigenvalue weighted by molar-refractivity contribution is 0.117. The summed E-state index contributed by atoms with van der Waals surface area (Å²) in [5.74, 6) is 0. The van der Waals surface area contributed by atoms with E-state index in [1.807, 2.05) is 0 Å². The minimum absolute atomic E-state index is 0. The van der Waals surface area contributed by atoms with E-state index in [-0.39, 0.29) is 18.3 Å². The predicted octanol–water partition coefficient (Wildman–Crippen LogP) is -2.13. The van der Waals surface area contributed by atoms with Crippen molar-refractivity contribution in [2.24, 2.45) is 0 Å². The SMILES string of the molecule is O[Si](O)(O)O.[B].[P]. The van der Waals surface area contributed by atoms with Gasteiger partial charge in [-0.3, -0.25) is 0 Å². The summed E-state index contributed by atoms with van der Waals surface area (Å²) >= 11 is 0. The van der Waals surface area contributed by atoms with Gasteiger partial charge in [0.2, 0.25) is 0 Å². The molecule has 0 aliphatic rings. The van der Waals surface area contributed by atoms with E-state index in [2.05, 4.69) is 0 Å². The van der Waals surface area contributed by atoms with Crippen molar-refractivity contribution in [3.05, 3.63) is 0 Å². The fourth-order valence-electron chi connectivity index (χ4n) is 0. The van der Waals surface area contributed by atoms with Crippen molar-refractivity contribution in [3.63, 3.8) is 0 Å². The average molecular weight is 138 g/mol. The molecule has 0 saturated carbocycles. The first-order chi connectivity index (χ1) is 2.00. The maximum Gasteiger partial charge on any atom is 0.668 e. The van der Waals surface area contributed by atoms with Crippen LogP contribution in [0.4, 0.5) is 0 Å². The minimum Gasteiger partial charge on any atom is -0.368 e. The van der Waals surface area contributed by atoms with Gasteiger partial charge in [-0.25, -0.2) is 0 Å². The van der Waals surface area contributed by atoms with Crippen molar-refractivity contribution < 1.29 is 19.2 Å². The van der Waals surface area contributed by atoms with Gasteiger partial charge in [0.1, 0.15) is 0 Å². The van der Waals surface area contributed by atoms with Gasteiger partial charge in [0.05, 0.1) is 0 Å². The summed E-state index contributed by atoms with van der Waals surface area (Å²) in [6, 6.07) is 0. The van der Waals surface area contributed by atoms with E-state index in [0.29, 0.717) is 0 Å². The summed E-state index contributed by atoms with van der Waals surface area (Å²) in [7, 11) is -4.61. The second kappa shape index (κ2) is 4.70. The molecule has 0 rings (SSSR count). The topological polar surface area (TPSA) is 80.9 Å². The Balaban J connectivity index is -0.0000000800. The van der Waals surface area contributed by atoms with Gasteiger partial charge in [0.15, 0.2) is 0 Å². The van der Waals surface area contributed by atoms with Crippen LogP contribution < -0.4 is 0 Å². The molecule has 40 valence electrons. The van der Waals surface area contributed by atoms with E-state index in [1.165, 1.54) is 0 Å². The number of rotatable bonds is 0. The largest absolute Gasteiger partial charge is 0.668 e. The lowest BCUT2D eigenvalue weighted by Crippen LogP contribution is -2.33. The molecule has 4 nitrogen and oxygen atoms in total. The van der Waals surface area contributed by atoms with Gasteiger partial charge in [-0.15, -0.1) is 0 Å². The van der Waals surface area contributed by atoms with E-state index in [0.717, 1.165) is 0 Å². The molecular formula is H4BO4PSi. The van der Waals surface area contributed by atoms with Crippen LogP contribution in [0.1, 0.15) is 0 Å². The number of hydrogen-bond acceptors (Lipinski definition) is 4. The van der Waals surface area contributed by atoms with Crippen LogP contribution in [-0.2, 0) is 0 Å². The Morgan fingerprint density at radius 2 is 0.857 bits per heavy atom. The van der Waals surface area contributed by atoms with Gasteiger partial charge in [-0.2, -0.15) is 0 Å². The van der Waals surface area contributed by atoms with Gasteiger partial charge in [0.25, 0.3) is 0 Å². The van der Waals surface area contributed by atoms with E-state index in [1.54, 1.807) is 0 Å². The normalized spacial score (nSPS) is 8.57. The molecule has 0 bridgehead atoms. The van der Waals surface area contributed by atoms with Crippen LogP contribution in [0.25, 0.3) is 0 Å². The molecule has 0 unspecified atom stereocenters. The van der Waals surface area contributed by atoms with Crippen LogP contribution in [0.3, 0.4) is 0 Å². The van der Waals surface area contributed by atoms with Crippen LogP contribution in [-0.4, -0.2) is 36.6 Å². The summed E-state index contributed by atoms with van der Waals surface area (Å²) < 4.78 is 0. The fourth-order valence-corrected chi connectivity index (χ4v) is 0. The highest BCUT2D eigenvalue weighted by molar-refractivity contribution is 6.92. The van der Waals surface area contributed by atoms with E-state index < -0.39 is 9.05 Å². The summed E-state index contributed by atoms with van der Waals surface area (Å²) in [5.41, 5.74) is 0. The molecule has 6 radical (unpaired) electrons. The van der Waals surface area contributed by atoms with Crippen LogP contribution in [0.5, 0.6) is 0 Å². The molecular weight excluding hydrogens is 134 g/mol. The monoisotopic (exact) mass is 138 g/mol. The van der Waals surface area contributed by atoms with Crippen LogP contribution in [0.15, 0.2) is 0 Å². The smallest absolute Gasteiger partial charge is 0.368 e. The molecule has 0 aromatic carbocycles. The van der Waals surface area contributed by atoms with E-state index in [9.17, 15) is 0 Å². The van der Waals surface area contributed by atoms with Gasteiger partial charge < -0.3 is 19.2 Å². The molecule has 0 spiro atoms. The first kappa shape index (κ1) is 15.6. The minimum atomic E-state index is -4.61. The fraction of sp³-hybridized carbons (Fsp3) is 0. The lowest BCUT2D eigenvalue weighted by Gasteiger charge is -1.91. The molecule has 0 aliphatic carbocycles. The molecule has 0 atom stereocenters. The van der Waals surface area contributed by atoms with E-state index in [4.69, 9.17) is 19.2 Å². The molecule has 0 saturated heterocycles. The van der Waals surface area contributed by atoms with Gasteiger partial charge in [0, 0.05) is 18.3 Å². The van der Waals surface area contributed by atoms with Crippen molar-refractivity contribution in [1.82, 2.24) is 0 Å². The summed E-state index contributed by atoms with van der Waals surface area (Å²) in [4.78, 5) is 29.3. The molecule has 0 heterocycles. The predicted molar refractivity (Wildman–Crippen MR) is 27.3 cm³/mol. The highest BCUT2D eigenvalue weighted by atomic mass is 31.0. The maximum atomic E-state index is 7.33. The highest BCUT2D eigenvalue weighted by Crippen LogP contribution is 1.67. The third kappa shape index (κ3) is 446. The van der Waals surface area contributed by atoms with Crippen molar-refractivity contribution in [2.75, 3.05) is 0 Å². The second-order valence-electron chi connectivity index (χ2n) is 0.600. The molecule has 7 heavy (non-hydrogen) atoms. The van der Waals surface area contributed by atoms with Crippen molar-refractivity contribution >= 4 is 27.4 Å². The van der Waals surface area contributed by atoms with Crippen molar-refractivity contribution in [1.29, 1.82) is 0 Å². The van der Waals surface area contributed by atoms with Gasteiger partial charge in [-0.05, 0) is 0 Å². The Labute approximate surface area is 47.5 Å². The first-order valence-corrected chi connectivity index (χ1v) is 2.68. The molecule has 4 N–H and O–H groups in total. The zero-order valence-corrected chi connectivity index (χ0v) is 5.21. The molecule has 0 aliphatic heterocycles. The third-order valence-electron chi connectivity index (χ3n) is 0. The molecule has 0 amide bonds. The summed E-state index contributed by atoms with van der Waals surface area (Å²) in [5, 5.41) is 0. The number of hydrogen-bond donors (Lipinski definition) is 4. The summed E-state index contributed by atoms with van der Waals surface area (Å²) in [6.45, 7) is 0. The Morgan fingerprint density at radius 3 is 0.857 bits per heavy atom. The summed E-state index contributed by atoms with van der Waals surface area (Å²) in [6.07, 6.45) is 0. The van der Waals surface area contributed by atoms with E-state index >= 15 is 0 Å². The van der Waals surface area contributed by atoms with Crippen LogP contribution in [0, 0.1) is 0 Å². The van der Waals surface area contributed by atoms with Crippen molar-refractivity contribution in [3.8, 4) is 0 Å². The zero-order valence-electron chi connectivity index (χ0n) is 3.31. The van der Waals surface area contributed by atoms with Crippen molar-refractivity contribution in [2.45, 2.75) is 0 Å². The maximum absolute atomic E-state index is 7.33. The first-order valence-electron chi connectivity index (χ1n) is 0.894. The Hall–Kier alpha value is 0.552. The standard InChI is InChI=1S/B.H4O4Si.P/c;1-5(2,3)4;/h;1-4H;. The van der Waals surface area contributed by atoms with Gasteiger partial charge in [-0.1, -0.05) is 0 Å². The highest BCUT2D eigenvalue weighted by Gasteiger charge is 2.22. The third-order valence-corrected chi connectivity index (χ3v) is 0.